The van der Waals surface area contributed by atoms with Gasteiger partial charge in [0.1, 0.15) is 0 Å². The average molecular weight is 269 g/mol. The van der Waals surface area contributed by atoms with Crippen LogP contribution in [0.5, 0.6) is 0 Å². The summed E-state index contributed by atoms with van der Waals surface area (Å²) in [7, 11) is -4.70. The predicted octanol–water partition coefficient (Wildman–Crippen LogP) is -2.37. The van der Waals surface area contributed by atoms with Crippen LogP contribution in [0.25, 0.3) is 0 Å². The molecule has 0 saturated heterocycles. The van der Waals surface area contributed by atoms with Crippen LogP contribution < -0.4 is 35.3 Å². The minimum Gasteiger partial charge on any atom is -0.742 e. The van der Waals surface area contributed by atoms with Crippen molar-refractivity contribution in [2.45, 2.75) is 31.3 Å². The fraction of sp³-hybridized carbons (Fsp3) is 0.444. The fourth-order valence-corrected chi connectivity index (χ4v) is 1.96. The van der Waals surface area contributed by atoms with Crippen molar-refractivity contribution in [2.24, 2.45) is 5.73 Å². The van der Waals surface area contributed by atoms with Crippen molar-refractivity contribution in [3.63, 3.8) is 0 Å². The van der Waals surface area contributed by atoms with E-state index in [1.165, 1.54) is 6.07 Å². The Balaban J connectivity index is 0.00000256. The summed E-state index contributed by atoms with van der Waals surface area (Å²) < 4.78 is 37.2. The number of primary amides is 1. The first-order valence-corrected chi connectivity index (χ1v) is 6.15. The number of carbonyl (C=O) groups is 1. The second-order valence-electron chi connectivity index (χ2n) is 3.35. The van der Waals surface area contributed by atoms with Crippen LogP contribution in [0.3, 0.4) is 0 Å². The second-order valence-corrected chi connectivity index (χ2v) is 4.62. The third kappa shape index (κ3) is 4.44. The van der Waals surface area contributed by atoms with Gasteiger partial charge in [-0.25, -0.2) is 8.42 Å². The molecule has 0 aliphatic rings. The zero-order valence-electron chi connectivity index (χ0n) is 9.73. The van der Waals surface area contributed by atoms with E-state index in [0.29, 0.717) is 12.8 Å². The third-order valence-corrected chi connectivity index (χ3v) is 2.84. The van der Waals surface area contributed by atoms with Gasteiger partial charge in [-0.15, -0.1) is 0 Å². The van der Waals surface area contributed by atoms with Gasteiger partial charge < -0.3 is 14.7 Å². The molecule has 0 spiro atoms. The Hall–Kier alpha value is -0.340. The normalized spacial score (nSPS) is 10.9. The Morgan fingerprint density at radius 2 is 2.12 bits per heavy atom. The molecule has 6 nitrogen and oxygen atoms in total. The molecule has 0 bridgehead atoms. The van der Waals surface area contributed by atoms with Gasteiger partial charge in [0.2, 0.25) is 5.09 Å². The van der Waals surface area contributed by atoms with Crippen molar-refractivity contribution >= 4 is 16.0 Å². The van der Waals surface area contributed by atoms with Crippen LogP contribution in [-0.2, 0) is 16.5 Å². The molecule has 0 unspecified atom stereocenters. The van der Waals surface area contributed by atoms with Gasteiger partial charge in [-0.3, -0.25) is 4.79 Å². The van der Waals surface area contributed by atoms with Crippen LogP contribution in [-0.4, -0.2) is 18.9 Å². The molecule has 1 aromatic heterocycles. The van der Waals surface area contributed by atoms with Crippen LogP contribution in [0, 0.1) is 0 Å². The summed E-state index contributed by atoms with van der Waals surface area (Å²) >= 11 is 0. The van der Waals surface area contributed by atoms with Gasteiger partial charge in [0.15, 0.2) is 15.9 Å². The molecule has 0 aromatic carbocycles. The SMILES string of the molecule is CCCCc1cc(C(N)=O)oc1S(=O)(=O)[O-].[Na+]. The topological polar surface area (TPSA) is 113 Å². The minimum atomic E-state index is -4.70. The first kappa shape index (κ1) is 16.7. The van der Waals surface area contributed by atoms with Gasteiger partial charge in [-0.2, -0.15) is 0 Å². The average Bonchev–Trinajstić information content (AvgIpc) is 2.57. The second kappa shape index (κ2) is 6.55. The smallest absolute Gasteiger partial charge is 0.742 e. The number of unbranched alkanes of at least 4 members (excludes halogenated alkanes) is 1. The standard InChI is InChI=1S/C9H13NO5S.Na/c1-2-3-4-6-5-7(8(10)11)15-9(6)16(12,13)14;/h5H,2-4H2,1H3,(H2,10,11)(H,12,13,14);/q;+1/p-1. The van der Waals surface area contributed by atoms with Crippen LogP contribution in [0.15, 0.2) is 15.6 Å². The Morgan fingerprint density at radius 3 is 2.53 bits per heavy atom. The molecule has 1 aromatic rings. The van der Waals surface area contributed by atoms with Crippen molar-refractivity contribution in [1.29, 1.82) is 0 Å². The molecule has 2 N–H and O–H groups in total. The summed E-state index contributed by atoms with van der Waals surface area (Å²) in [4.78, 5) is 10.8. The van der Waals surface area contributed by atoms with Crippen molar-refractivity contribution in [1.82, 2.24) is 0 Å². The fourth-order valence-electron chi connectivity index (χ4n) is 1.29. The van der Waals surface area contributed by atoms with Crippen molar-refractivity contribution in [3.8, 4) is 0 Å². The summed E-state index contributed by atoms with van der Waals surface area (Å²) in [6.45, 7) is 1.92. The van der Waals surface area contributed by atoms with E-state index >= 15 is 0 Å². The molecule has 0 fully saturated rings. The summed E-state index contributed by atoms with van der Waals surface area (Å²) in [6.07, 6.45) is 1.89. The first-order chi connectivity index (χ1) is 7.36. The molecule has 0 radical (unpaired) electrons. The van der Waals surface area contributed by atoms with Crippen LogP contribution in [0.1, 0.15) is 35.9 Å². The number of aryl methyl sites for hydroxylation is 1. The number of nitrogens with two attached hydrogens (primary N) is 1. The van der Waals surface area contributed by atoms with Crippen molar-refractivity contribution in [2.75, 3.05) is 0 Å². The summed E-state index contributed by atoms with van der Waals surface area (Å²) in [5.74, 6) is -1.20. The largest absolute Gasteiger partial charge is 1.00 e. The number of amides is 1. The van der Waals surface area contributed by atoms with E-state index in [-0.39, 0.29) is 40.9 Å². The van der Waals surface area contributed by atoms with Crippen molar-refractivity contribution < 1.29 is 51.7 Å². The van der Waals surface area contributed by atoms with Crippen LogP contribution >= 0.6 is 0 Å². The van der Waals surface area contributed by atoms with Crippen LogP contribution in [0.2, 0.25) is 0 Å². The molecule has 1 rings (SSSR count). The van der Waals surface area contributed by atoms with Gasteiger partial charge in [0, 0.05) is 5.56 Å². The van der Waals surface area contributed by atoms with Gasteiger partial charge in [-0.1, -0.05) is 13.3 Å². The first-order valence-electron chi connectivity index (χ1n) is 4.74. The Morgan fingerprint density at radius 1 is 1.53 bits per heavy atom. The van der Waals surface area contributed by atoms with Gasteiger partial charge >= 0.3 is 29.6 Å². The summed E-state index contributed by atoms with van der Waals surface area (Å²) in [5, 5.41) is -0.699. The Labute approximate surface area is 122 Å². The molecule has 1 heterocycles. The van der Waals surface area contributed by atoms with Gasteiger partial charge in [0.25, 0.3) is 5.91 Å². The quantitative estimate of drug-likeness (QED) is 0.474. The van der Waals surface area contributed by atoms with E-state index in [2.05, 4.69) is 4.42 Å². The molecular formula is C9H12NNaO5S. The molecule has 17 heavy (non-hydrogen) atoms. The summed E-state index contributed by atoms with van der Waals surface area (Å²) in [5.41, 5.74) is 5.15. The summed E-state index contributed by atoms with van der Waals surface area (Å²) in [6, 6.07) is 1.21. The van der Waals surface area contributed by atoms with Crippen LogP contribution in [0.4, 0.5) is 0 Å². The van der Waals surface area contributed by atoms with E-state index in [1.54, 1.807) is 0 Å². The number of carbonyl (C=O) groups excluding carboxylic acids is 1. The Bertz CT molecular complexity index is 493. The number of hydrogen-bond acceptors (Lipinski definition) is 5. The Kier molecular flexibility index (Phi) is 6.42. The molecule has 0 aliphatic carbocycles. The number of hydrogen-bond donors (Lipinski definition) is 1. The third-order valence-electron chi connectivity index (χ3n) is 2.04. The predicted molar refractivity (Wildman–Crippen MR) is 53.8 cm³/mol. The molecule has 0 atom stereocenters. The zero-order chi connectivity index (χ0) is 12.3. The van der Waals surface area contributed by atoms with E-state index in [4.69, 9.17) is 5.73 Å². The minimum absolute atomic E-state index is 0. The molecular weight excluding hydrogens is 257 g/mol. The monoisotopic (exact) mass is 269 g/mol. The van der Waals surface area contributed by atoms with Crippen molar-refractivity contribution in [3.05, 3.63) is 17.4 Å². The van der Waals surface area contributed by atoms with E-state index in [0.717, 1.165) is 6.42 Å². The van der Waals surface area contributed by atoms with E-state index < -0.39 is 21.1 Å². The maximum absolute atomic E-state index is 10.9. The maximum Gasteiger partial charge on any atom is 1.00 e. The van der Waals surface area contributed by atoms with E-state index in [9.17, 15) is 17.8 Å². The molecule has 8 heteroatoms. The zero-order valence-corrected chi connectivity index (χ0v) is 12.5. The van der Waals surface area contributed by atoms with E-state index in [1.807, 2.05) is 6.92 Å². The number of rotatable bonds is 5. The maximum atomic E-state index is 10.9. The van der Waals surface area contributed by atoms with Gasteiger partial charge in [0.05, 0.1) is 0 Å². The number of furan rings is 1. The molecule has 0 aliphatic heterocycles. The molecule has 90 valence electrons. The molecule has 1 amide bonds. The molecule has 0 saturated carbocycles. The van der Waals surface area contributed by atoms with Gasteiger partial charge in [-0.05, 0) is 18.9 Å².